The Balaban J connectivity index is 1.44. The van der Waals surface area contributed by atoms with Gasteiger partial charge in [-0.25, -0.2) is 14.1 Å². The Hall–Kier alpha value is -2.78. The third-order valence-electron chi connectivity index (χ3n) is 6.26. The van der Waals surface area contributed by atoms with E-state index in [1.807, 2.05) is 13.1 Å². The van der Waals surface area contributed by atoms with Crippen molar-refractivity contribution < 1.29 is 23.6 Å². The van der Waals surface area contributed by atoms with Crippen LogP contribution in [0, 0.1) is 11.7 Å². The lowest BCUT2D eigenvalue weighted by molar-refractivity contribution is -0.221. The summed E-state index contributed by atoms with van der Waals surface area (Å²) in [6.45, 7) is 4.33. The second-order valence-corrected chi connectivity index (χ2v) is 8.04. The van der Waals surface area contributed by atoms with Gasteiger partial charge in [0.05, 0.1) is 37.1 Å². The van der Waals surface area contributed by atoms with Crippen molar-refractivity contribution in [2.24, 2.45) is 5.92 Å². The van der Waals surface area contributed by atoms with Crippen LogP contribution in [0.2, 0.25) is 0 Å². The first-order valence-corrected chi connectivity index (χ1v) is 10.5. The molecule has 2 aliphatic heterocycles. The molecule has 2 aromatic rings. The molecule has 0 bridgehead atoms. The zero-order valence-electron chi connectivity index (χ0n) is 17.8. The highest BCUT2D eigenvalue weighted by Gasteiger charge is 2.58. The monoisotopic (exact) mass is 430 g/mol. The minimum absolute atomic E-state index is 0.122. The van der Waals surface area contributed by atoms with Crippen molar-refractivity contribution >= 4 is 11.9 Å². The highest BCUT2D eigenvalue weighted by molar-refractivity contribution is 5.88. The zero-order valence-corrected chi connectivity index (χ0v) is 17.8. The molecule has 2 saturated heterocycles. The van der Waals surface area contributed by atoms with E-state index in [9.17, 15) is 14.0 Å². The smallest absolute Gasteiger partial charge is 0.311 e. The van der Waals surface area contributed by atoms with E-state index in [2.05, 4.69) is 10.00 Å². The van der Waals surface area contributed by atoms with Crippen molar-refractivity contribution in [1.29, 1.82) is 0 Å². The third kappa shape index (κ3) is 4.07. The lowest BCUT2D eigenvalue weighted by Gasteiger charge is -2.45. The molecule has 9 heteroatoms. The number of nitrogens with zero attached hydrogens (tertiary/aromatic N) is 4. The van der Waals surface area contributed by atoms with E-state index in [1.165, 1.54) is 24.3 Å². The number of likely N-dealkylation sites (tertiary alicyclic amines) is 1. The molecule has 3 heterocycles. The number of esters is 1. The fourth-order valence-corrected chi connectivity index (χ4v) is 4.70. The van der Waals surface area contributed by atoms with E-state index in [4.69, 9.17) is 9.57 Å². The standard InChI is InChI=1S/C22H27FN4O4/c1-3-31-27-20(28)12-19(21(29)30-2)22(27)8-10-25(11-9-22)14-16-13-24-26(15-16)18-6-4-17(23)5-7-18/h4-7,13,15,19H,3,8-12,14H2,1-2H3. The van der Waals surface area contributed by atoms with Gasteiger partial charge in [-0.05, 0) is 44.0 Å². The molecule has 31 heavy (non-hydrogen) atoms. The van der Waals surface area contributed by atoms with Gasteiger partial charge in [-0.1, -0.05) is 0 Å². The number of benzene rings is 1. The van der Waals surface area contributed by atoms with Gasteiger partial charge in [-0.2, -0.15) is 5.10 Å². The Morgan fingerprint density at radius 3 is 2.61 bits per heavy atom. The molecule has 0 N–H and O–H groups in total. The summed E-state index contributed by atoms with van der Waals surface area (Å²) >= 11 is 0. The quantitative estimate of drug-likeness (QED) is 0.655. The number of aromatic nitrogens is 2. The maximum atomic E-state index is 13.1. The second-order valence-electron chi connectivity index (χ2n) is 8.04. The van der Waals surface area contributed by atoms with Gasteiger partial charge >= 0.3 is 5.97 Å². The van der Waals surface area contributed by atoms with E-state index in [0.29, 0.717) is 39.1 Å². The van der Waals surface area contributed by atoms with Crippen LogP contribution in [0.1, 0.15) is 31.7 Å². The number of amides is 1. The van der Waals surface area contributed by atoms with Crippen LogP contribution in [-0.4, -0.2) is 64.0 Å². The lowest BCUT2D eigenvalue weighted by Crippen LogP contribution is -2.57. The van der Waals surface area contributed by atoms with Crippen LogP contribution in [0.15, 0.2) is 36.7 Å². The average Bonchev–Trinajstić information content (AvgIpc) is 3.34. The molecule has 1 amide bonds. The number of carbonyl (C=O) groups is 2. The molecular weight excluding hydrogens is 403 g/mol. The lowest BCUT2D eigenvalue weighted by atomic mass is 9.77. The van der Waals surface area contributed by atoms with Crippen molar-refractivity contribution in [2.45, 2.75) is 38.3 Å². The number of carbonyl (C=O) groups excluding carboxylic acids is 2. The van der Waals surface area contributed by atoms with Gasteiger partial charge in [0.2, 0.25) is 5.91 Å². The Kier molecular flexibility index (Phi) is 6.06. The molecule has 0 saturated carbocycles. The number of hydroxylamine groups is 2. The molecule has 1 aromatic carbocycles. The van der Waals surface area contributed by atoms with Gasteiger partial charge in [-0.3, -0.25) is 19.3 Å². The number of halogens is 1. The van der Waals surface area contributed by atoms with Crippen LogP contribution < -0.4 is 0 Å². The van der Waals surface area contributed by atoms with E-state index in [-0.39, 0.29) is 24.1 Å². The van der Waals surface area contributed by atoms with Gasteiger partial charge in [0.25, 0.3) is 0 Å². The molecule has 4 rings (SSSR count). The molecule has 2 aliphatic rings. The van der Waals surface area contributed by atoms with Gasteiger partial charge < -0.3 is 4.74 Å². The number of piperidine rings is 1. The van der Waals surface area contributed by atoms with Crippen LogP contribution in [0.3, 0.4) is 0 Å². The van der Waals surface area contributed by atoms with E-state index >= 15 is 0 Å². The topological polar surface area (TPSA) is 76.9 Å². The van der Waals surface area contributed by atoms with Gasteiger partial charge in [0.1, 0.15) is 5.82 Å². The third-order valence-corrected chi connectivity index (χ3v) is 6.26. The summed E-state index contributed by atoms with van der Waals surface area (Å²) < 4.78 is 19.9. The summed E-state index contributed by atoms with van der Waals surface area (Å²) in [6.07, 6.45) is 5.11. The minimum Gasteiger partial charge on any atom is -0.469 e. The number of hydrogen-bond donors (Lipinski definition) is 0. The second kappa shape index (κ2) is 8.76. The number of methoxy groups -OCH3 is 1. The van der Waals surface area contributed by atoms with Crippen LogP contribution in [0.5, 0.6) is 0 Å². The number of rotatable bonds is 6. The molecule has 1 atom stereocenters. The highest BCUT2D eigenvalue weighted by Crippen LogP contribution is 2.44. The molecule has 1 unspecified atom stereocenters. The van der Waals surface area contributed by atoms with Crippen molar-refractivity contribution in [3.63, 3.8) is 0 Å². The molecule has 0 aliphatic carbocycles. The predicted molar refractivity (Wildman–Crippen MR) is 109 cm³/mol. The summed E-state index contributed by atoms with van der Waals surface area (Å²) in [6, 6.07) is 6.18. The molecule has 8 nitrogen and oxygen atoms in total. The maximum Gasteiger partial charge on any atom is 0.311 e. The fraction of sp³-hybridized carbons (Fsp3) is 0.500. The minimum atomic E-state index is -0.658. The first-order chi connectivity index (χ1) is 15.0. The molecule has 166 valence electrons. The Labute approximate surface area is 180 Å². The molecule has 0 radical (unpaired) electrons. The normalized spacial score (nSPS) is 21.1. The summed E-state index contributed by atoms with van der Waals surface area (Å²) in [5.41, 5.74) is 1.17. The van der Waals surface area contributed by atoms with Crippen molar-refractivity contribution in [3.05, 3.63) is 48.0 Å². The number of hydrogen-bond acceptors (Lipinski definition) is 6. The molecular formula is C22H27FN4O4. The Bertz CT molecular complexity index is 937. The van der Waals surface area contributed by atoms with E-state index in [0.717, 1.165) is 11.3 Å². The highest BCUT2D eigenvalue weighted by atomic mass is 19.1. The predicted octanol–water partition coefficient (Wildman–Crippen LogP) is 2.32. The fourth-order valence-electron chi connectivity index (χ4n) is 4.70. The van der Waals surface area contributed by atoms with Crippen molar-refractivity contribution in [3.8, 4) is 5.69 Å². The van der Waals surface area contributed by atoms with Gasteiger partial charge in [0.15, 0.2) is 0 Å². The SMILES string of the molecule is CCON1C(=O)CC(C(=O)OC)C12CCN(Cc1cnn(-c3ccc(F)cc3)c1)CC2. The summed E-state index contributed by atoms with van der Waals surface area (Å²) in [5, 5.41) is 5.82. The van der Waals surface area contributed by atoms with E-state index < -0.39 is 11.5 Å². The van der Waals surface area contributed by atoms with E-state index in [1.54, 1.807) is 23.0 Å². The van der Waals surface area contributed by atoms with Crippen LogP contribution >= 0.6 is 0 Å². The summed E-state index contributed by atoms with van der Waals surface area (Å²) in [4.78, 5) is 32.9. The maximum absolute atomic E-state index is 13.1. The molecule has 2 fully saturated rings. The van der Waals surface area contributed by atoms with Crippen molar-refractivity contribution in [2.75, 3.05) is 26.8 Å². The van der Waals surface area contributed by atoms with Crippen LogP contribution in [0.25, 0.3) is 5.69 Å². The first-order valence-electron chi connectivity index (χ1n) is 10.5. The zero-order chi connectivity index (χ0) is 22.0. The molecule has 1 aromatic heterocycles. The Morgan fingerprint density at radius 1 is 1.26 bits per heavy atom. The largest absolute Gasteiger partial charge is 0.469 e. The first kappa shape index (κ1) is 21.5. The Morgan fingerprint density at radius 2 is 1.97 bits per heavy atom. The van der Waals surface area contributed by atoms with Gasteiger partial charge in [-0.15, -0.1) is 0 Å². The van der Waals surface area contributed by atoms with Crippen LogP contribution in [0.4, 0.5) is 4.39 Å². The molecule has 1 spiro atoms. The summed E-state index contributed by atoms with van der Waals surface area (Å²) in [7, 11) is 1.36. The summed E-state index contributed by atoms with van der Waals surface area (Å²) in [5.74, 6) is -1.31. The number of ether oxygens (including phenoxy) is 1. The van der Waals surface area contributed by atoms with Crippen LogP contribution in [-0.2, 0) is 25.7 Å². The average molecular weight is 430 g/mol. The van der Waals surface area contributed by atoms with Crippen molar-refractivity contribution in [1.82, 2.24) is 19.7 Å². The van der Waals surface area contributed by atoms with Gasteiger partial charge in [0, 0.05) is 37.8 Å².